The van der Waals surface area contributed by atoms with Crippen LogP contribution in [0.2, 0.25) is 0 Å². The second-order valence-corrected chi connectivity index (χ2v) is 5.36. The van der Waals surface area contributed by atoms with E-state index in [2.05, 4.69) is 31.0 Å². The summed E-state index contributed by atoms with van der Waals surface area (Å²) in [5.74, 6) is -0.344. The molecule has 3 heteroatoms. The van der Waals surface area contributed by atoms with E-state index in [1.807, 2.05) is 30.3 Å². The minimum atomic E-state index is -0.344. The molecule has 0 saturated carbocycles. The van der Waals surface area contributed by atoms with Gasteiger partial charge in [0.1, 0.15) is 0 Å². The highest BCUT2D eigenvalue weighted by Gasteiger charge is 2.14. The molecule has 2 aromatic carbocycles. The third-order valence-electron chi connectivity index (χ3n) is 3.92. The van der Waals surface area contributed by atoms with Crippen molar-refractivity contribution in [1.82, 2.24) is 4.98 Å². The molecule has 0 aliphatic rings. The van der Waals surface area contributed by atoms with Crippen molar-refractivity contribution < 1.29 is 9.53 Å². The van der Waals surface area contributed by atoms with Gasteiger partial charge in [0.05, 0.1) is 23.9 Å². The van der Waals surface area contributed by atoms with Crippen LogP contribution in [-0.2, 0) is 4.74 Å². The third-order valence-corrected chi connectivity index (χ3v) is 3.92. The van der Waals surface area contributed by atoms with Crippen LogP contribution < -0.4 is 0 Å². The smallest absolute Gasteiger partial charge is 0.338 e. The standard InChI is InChI=1S/C19H17NO2/c1-12-8-9-14(10-13(12)2)18-11-16(19(21)22-3)15-6-4-5-7-17(15)20-18/h4-11H,1-3H3. The fourth-order valence-electron chi connectivity index (χ4n) is 2.50. The summed E-state index contributed by atoms with van der Waals surface area (Å²) in [6, 6.07) is 15.6. The van der Waals surface area contributed by atoms with Gasteiger partial charge in [0, 0.05) is 10.9 Å². The average Bonchev–Trinajstić information content (AvgIpc) is 2.55. The topological polar surface area (TPSA) is 39.2 Å². The number of nitrogens with zero attached hydrogens (tertiary/aromatic N) is 1. The number of ether oxygens (including phenoxy) is 1. The number of rotatable bonds is 2. The SMILES string of the molecule is COC(=O)c1cc(-c2ccc(C)c(C)c2)nc2ccccc12. The van der Waals surface area contributed by atoms with Crippen molar-refractivity contribution in [2.24, 2.45) is 0 Å². The molecule has 1 aromatic heterocycles. The van der Waals surface area contributed by atoms with Crippen molar-refractivity contribution >= 4 is 16.9 Å². The van der Waals surface area contributed by atoms with E-state index < -0.39 is 0 Å². The van der Waals surface area contributed by atoms with Crippen LogP contribution in [0, 0.1) is 13.8 Å². The van der Waals surface area contributed by atoms with Gasteiger partial charge in [-0.1, -0.05) is 30.3 Å². The Morgan fingerprint density at radius 1 is 1.00 bits per heavy atom. The number of aryl methyl sites for hydroxylation is 2. The molecular formula is C19H17NO2. The van der Waals surface area contributed by atoms with Crippen molar-refractivity contribution in [3.05, 3.63) is 65.2 Å². The van der Waals surface area contributed by atoms with Gasteiger partial charge in [0.2, 0.25) is 0 Å². The Labute approximate surface area is 129 Å². The maximum Gasteiger partial charge on any atom is 0.338 e. The number of carbonyl (C=O) groups excluding carboxylic acids is 1. The number of para-hydroxylation sites is 1. The lowest BCUT2D eigenvalue weighted by molar-refractivity contribution is 0.0603. The lowest BCUT2D eigenvalue weighted by Crippen LogP contribution is -2.03. The Morgan fingerprint density at radius 2 is 1.77 bits per heavy atom. The predicted octanol–water partition coefficient (Wildman–Crippen LogP) is 4.31. The Morgan fingerprint density at radius 3 is 2.50 bits per heavy atom. The molecule has 0 spiro atoms. The molecular weight excluding hydrogens is 274 g/mol. The summed E-state index contributed by atoms with van der Waals surface area (Å²) in [5, 5.41) is 0.807. The van der Waals surface area contributed by atoms with Crippen molar-refractivity contribution in [3.63, 3.8) is 0 Å². The molecule has 0 fully saturated rings. The van der Waals surface area contributed by atoms with Gasteiger partial charge in [0.15, 0.2) is 0 Å². The van der Waals surface area contributed by atoms with Crippen molar-refractivity contribution in [2.75, 3.05) is 7.11 Å². The zero-order valence-electron chi connectivity index (χ0n) is 12.9. The molecule has 3 nitrogen and oxygen atoms in total. The minimum absolute atomic E-state index is 0.344. The molecule has 1 heterocycles. The largest absolute Gasteiger partial charge is 0.465 e. The fraction of sp³-hybridized carbons (Fsp3) is 0.158. The van der Waals surface area contributed by atoms with Gasteiger partial charge in [-0.15, -0.1) is 0 Å². The number of benzene rings is 2. The van der Waals surface area contributed by atoms with E-state index in [0.717, 1.165) is 22.2 Å². The molecule has 0 bridgehead atoms. The molecule has 22 heavy (non-hydrogen) atoms. The van der Waals surface area contributed by atoms with Crippen LogP contribution in [-0.4, -0.2) is 18.1 Å². The molecule has 0 N–H and O–H groups in total. The van der Waals surface area contributed by atoms with Gasteiger partial charge in [0.25, 0.3) is 0 Å². The van der Waals surface area contributed by atoms with E-state index in [-0.39, 0.29) is 5.97 Å². The van der Waals surface area contributed by atoms with Gasteiger partial charge in [-0.05, 0) is 43.2 Å². The zero-order valence-corrected chi connectivity index (χ0v) is 12.9. The summed E-state index contributed by atoms with van der Waals surface area (Å²) >= 11 is 0. The molecule has 0 amide bonds. The first kappa shape index (κ1) is 14.3. The number of fused-ring (bicyclic) bond motifs is 1. The van der Waals surface area contributed by atoms with E-state index in [4.69, 9.17) is 4.74 Å². The molecule has 110 valence electrons. The van der Waals surface area contributed by atoms with E-state index in [9.17, 15) is 4.79 Å². The van der Waals surface area contributed by atoms with Crippen LogP contribution in [0.1, 0.15) is 21.5 Å². The van der Waals surface area contributed by atoms with Crippen LogP contribution >= 0.6 is 0 Å². The predicted molar refractivity (Wildman–Crippen MR) is 88.0 cm³/mol. The van der Waals surface area contributed by atoms with Crippen molar-refractivity contribution in [1.29, 1.82) is 0 Å². The molecule has 3 rings (SSSR count). The van der Waals surface area contributed by atoms with Crippen LogP contribution in [0.4, 0.5) is 0 Å². The quantitative estimate of drug-likeness (QED) is 0.661. The van der Waals surface area contributed by atoms with E-state index in [1.165, 1.54) is 18.2 Å². The second-order valence-electron chi connectivity index (χ2n) is 5.36. The fourth-order valence-corrected chi connectivity index (χ4v) is 2.50. The summed E-state index contributed by atoms with van der Waals surface area (Å²) in [6.45, 7) is 4.15. The molecule has 0 aliphatic heterocycles. The zero-order chi connectivity index (χ0) is 15.7. The minimum Gasteiger partial charge on any atom is -0.465 e. The van der Waals surface area contributed by atoms with Crippen LogP contribution in [0.3, 0.4) is 0 Å². The third kappa shape index (κ3) is 2.46. The summed E-state index contributed by atoms with van der Waals surface area (Å²) in [4.78, 5) is 16.8. The number of hydrogen-bond donors (Lipinski definition) is 0. The van der Waals surface area contributed by atoms with E-state index in [1.54, 1.807) is 6.07 Å². The second kappa shape index (κ2) is 5.60. The highest BCUT2D eigenvalue weighted by Crippen LogP contribution is 2.26. The Balaban J connectivity index is 2.26. The lowest BCUT2D eigenvalue weighted by atomic mass is 10.0. The molecule has 0 radical (unpaired) electrons. The average molecular weight is 291 g/mol. The molecule has 0 atom stereocenters. The normalized spacial score (nSPS) is 10.7. The number of pyridine rings is 1. The molecule has 3 aromatic rings. The van der Waals surface area contributed by atoms with Crippen molar-refractivity contribution in [3.8, 4) is 11.3 Å². The molecule has 0 saturated heterocycles. The van der Waals surface area contributed by atoms with Crippen molar-refractivity contribution in [2.45, 2.75) is 13.8 Å². The Bertz CT molecular complexity index is 868. The van der Waals surface area contributed by atoms with Crippen LogP contribution in [0.25, 0.3) is 22.2 Å². The van der Waals surface area contributed by atoms with Gasteiger partial charge in [-0.25, -0.2) is 9.78 Å². The molecule has 0 unspecified atom stereocenters. The first-order valence-corrected chi connectivity index (χ1v) is 7.16. The monoisotopic (exact) mass is 291 g/mol. The first-order chi connectivity index (χ1) is 10.6. The first-order valence-electron chi connectivity index (χ1n) is 7.16. The number of aromatic nitrogens is 1. The number of carbonyl (C=O) groups is 1. The van der Waals surface area contributed by atoms with E-state index in [0.29, 0.717) is 5.56 Å². The summed E-state index contributed by atoms with van der Waals surface area (Å²) in [7, 11) is 1.40. The maximum atomic E-state index is 12.1. The Kier molecular flexibility index (Phi) is 3.63. The van der Waals surface area contributed by atoms with Gasteiger partial charge >= 0.3 is 5.97 Å². The highest BCUT2D eigenvalue weighted by atomic mass is 16.5. The van der Waals surface area contributed by atoms with E-state index >= 15 is 0 Å². The summed E-state index contributed by atoms with van der Waals surface area (Å²) < 4.78 is 4.91. The number of esters is 1. The maximum absolute atomic E-state index is 12.1. The highest BCUT2D eigenvalue weighted by molar-refractivity contribution is 6.04. The summed E-state index contributed by atoms with van der Waals surface area (Å²) in [6.07, 6.45) is 0. The van der Waals surface area contributed by atoms with Gasteiger partial charge in [-0.2, -0.15) is 0 Å². The lowest BCUT2D eigenvalue weighted by Gasteiger charge is -2.10. The number of methoxy groups -OCH3 is 1. The molecule has 0 aliphatic carbocycles. The summed E-state index contributed by atoms with van der Waals surface area (Å²) in [5.41, 5.74) is 5.55. The Hall–Kier alpha value is -2.68. The van der Waals surface area contributed by atoms with Gasteiger partial charge in [-0.3, -0.25) is 0 Å². The van der Waals surface area contributed by atoms with Gasteiger partial charge < -0.3 is 4.74 Å². The van der Waals surface area contributed by atoms with Crippen LogP contribution in [0.15, 0.2) is 48.5 Å². The van der Waals surface area contributed by atoms with Crippen LogP contribution in [0.5, 0.6) is 0 Å². The number of hydrogen-bond acceptors (Lipinski definition) is 3.